The standard InChI is InChI=1S/C8H18N2.C2H6/c1-7(2)8-6-9-4-5-10(8)3;1-2/h7-9H,4-6H2,1-3H3;1-2H3. The number of piperazine rings is 1. The van der Waals surface area contributed by atoms with Crippen molar-refractivity contribution in [1.82, 2.24) is 10.2 Å². The predicted octanol–water partition coefficient (Wildman–Crippen LogP) is 1.57. The third-order valence-electron chi connectivity index (χ3n) is 2.33. The molecular weight excluding hydrogens is 148 g/mol. The van der Waals surface area contributed by atoms with Crippen LogP contribution in [0.15, 0.2) is 0 Å². The van der Waals surface area contributed by atoms with Crippen LogP contribution in [0.1, 0.15) is 27.7 Å². The first-order chi connectivity index (χ1) is 5.72. The Morgan fingerprint density at radius 1 is 1.33 bits per heavy atom. The molecule has 1 rings (SSSR count). The summed E-state index contributed by atoms with van der Waals surface area (Å²) in [5.74, 6) is 0.776. The van der Waals surface area contributed by atoms with Crippen LogP contribution in [-0.4, -0.2) is 37.6 Å². The Hall–Kier alpha value is -0.0800. The molecule has 0 amide bonds. The molecule has 1 fully saturated rings. The minimum Gasteiger partial charge on any atom is -0.314 e. The Bertz CT molecular complexity index is 102. The van der Waals surface area contributed by atoms with Gasteiger partial charge in [0.1, 0.15) is 0 Å². The minimum atomic E-state index is 0.744. The molecule has 0 aliphatic carbocycles. The fourth-order valence-corrected chi connectivity index (χ4v) is 1.57. The highest BCUT2D eigenvalue weighted by Crippen LogP contribution is 2.09. The molecule has 1 unspecified atom stereocenters. The normalized spacial score (nSPS) is 25.0. The van der Waals surface area contributed by atoms with Crippen LogP contribution in [0.2, 0.25) is 0 Å². The van der Waals surface area contributed by atoms with Crippen LogP contribution in [0.25, 0.3) is 0 Å². The van der Waals surface area contributed by atoms with Crippen molar-refractivity contribution < 1.29 is 0 Å². The number of likely N-dealkylation sites (N-methyl/N-ethyl adjacent to an activating group) is 1. The predicted molar refractivity (Wildman–Crippen MR) is 55.5 cm³/mol. The van der Waals surface area contributed by atoms with E-state index in [0.29, 0.717) is 0 Å². The van der Waals surface area contributed by atoms with E-state index in [4.69, 9.17) is 0 Å². The van der Waals surface area contributed by atoms with Gasteiger partial charge in [-0.15, -0.1) is 0 Å². The van der Waals surface area contributed by atoms with E-state index in [2.05, 4.69) is 31.1 Å². The van der Waals surface area contributed by atoms with Gasteiger partial charge < -0.3 is 10.2 Å². The summed E-state index contributed by atoms with van der Waals surface area (Å²) < 4.78 is 0. The fourth-order valence-electron chi connectivity index (χ4n) is 1.57. The first-order valence-corrected chi connectivity index (χ1v) is 5.13. The molecule has 0 aromatic rings. The second kappa shape index (κ2) is 6.44. The monoisotopic (exact) mass is 172 g/mol. The van der Waals surface area contributed by atoms with Crippen LogP contribution in [0.5, 0.6) is 0 Å². The van der Waals surface area contributed by atoms with Gasteiger partial charge in [-0.1, -0.05) is 27.7 Å². The largest absolute Gasteiger partial charge is 0.314 e. The summed E-state index contributed by atoms with van der Waals surface area (Å²) in [6, 6.07) is 0.744. The summed E-state index contributed by atoms with van der Waals surface area (Å²) >= 11 is 0. The molecule has 0 bridgehead atoms. The van der Waals surface area contributed by atoms with E-state index in [1.54, 1.807) is 0 Å². The Kier molecular flexibility index (Phi) is 6.39. The lowest BCUT2D eigenvalue weighted by Gasteiger charge is -2.35. The van der Waals surface area contributed by atoms with E-state index in [-0.39, 0.29) is 0 Å². The van der Waals surface area contributed by atoms with Gasteiger partial charge in [0.05, 0.1) is 0 Å². The number of rotatable bonds is 1. The summed E-state index contributed by atoms with van der Waals surface area (Å²) in [6.45, 7) is 12.1. The van der Waals surface area contributed by atoms with Gasteiger partial charge in [-0.25, -0.2) is 0 Å². The van der Waals surface area contributed by atoms with Gasteiger partial charge in [-0.2, -0.15) is 0 Å². The third-order valence-corrected chi connectivity index (χ3v) is 2.33. The molecule has 74 valence electrons. The maximum absolute atomic E-state index is 3.40. The highest BCUT2D eigenvalue weighted by atomic mass is 15.2. The Morgan fingerprint density at radius 3 is 2.25 bits per heavy atom. The van der Waals surface area contributed by atoms with Gasteiger partial charge in [-0.05, 0) is 13.0 Å². The smallest absolute Gasteiger partial charge is 0.0241 e. The van der Waals surface area contributed by atoms with E-state index in [0.717, 1.165) is 25.0 Å². The highest BCUT2D eigenvalue weighted by Gasteiger charge is 2.20. The minimum absolute atomic E-state index is 0.744. The number of hydrogen-bond donors (Lipinski definition) is 1. The number of nitrogens with one attached hydrogen (secondary N) is 1. The van der Waals surface area contributed by atoms with E-state index in [1.165, 1.54) is 6.54 Å². The molecule has 1 saturated heterocycles. The molecule has 0 aromatic carbocycles. The summed E-state index contributed by atoms with van der Waals surface area (Å²) in [5.41, 5.74) is 0. The topological polar surface area (TPSA) is 15.3 Å². The second-order valence-electron chi connectivity index (χ2n) is 3.50. The van der Waals surface area contributed by atoms with E-state index in [9.17, 15) is 0 Å². The van der Waals surface area contributed by atoms with Crippen LogP contribution >= 0.6 is 0 Å². The molecule has 2 nitrogen and oxygen atoms in total. The average Bonchev–Trinajstić information content (AvgIpc) is 2.08. The molecule has 12 heavy (non-hydrogen) atoms. The van der Waals surface area contributed by atoms with Gasteiger partial charge in [-0.3, -0.25) is 0 Å². The van der Waals surface area contributed by atoms with E-state index < -0.39 is 0 Å². The average molecular weight is 172 g/mol. The van der Waals surface area contributed by atoms with Crippen molar-refractivity contribution in [2.75, 3.05) is 26.7 Å². The molecule has 1 N–H and O–H groups in total. The molecular formula is C10H24N2. The molecule has 1 aliphatic heterocycles. The van der Waals surface area contributed by atoms with Crippen LogP contribution < -0.4 is 5.32 Å². The summed E-state index contributed by atoms with van der Waals surface area (Å²) in [5, 5.41) is 3.40. The van der Waals surface area contributed by atoms with Gasteiger partial charge in [0, 0.05) is 25.7 Å². The zero-order valence-electron chi connectivity index (χ0n) is 9.22. The second-order valence-corrected chi connectivity index (χ2v) is 3.50. The summed E-state index contributed by atoms with van der Waals surface area (Å²) in [4.78, 5) is 2.45. The lowest BCUT2D eigenvalue weighted by Crippen LogP contribution is -2.51. The molecule has 0 saturated carbocycles. The van der Waals surface area contributed by atoms with Crippen molar-refractivity contribution >= 4 is 0 Å². The molecule has 0 spiro atoms. The van der Waals surface area contributed by atoms with Crippen molar-refractivity contribution in [3.8, 4) is 0 Å². The molecule has 1 aliphatic rings. The van der Waals surface area contributed by atoms with Crippen molar-refractivity contribution in [2.45, 2.75) is 33.7 Å². The van der Waals surface area contributed by atoms with Crippen molar-refractivity contribution in [3.63, 3.8) is 0 Å². The lowest BCUT2D eigenvalue weighted by molar-refractivity contribution is 0.157. The zero-order valence-corrected chi connectivity index (χ0v) is 9.22. The molecule has 2 heteroatoms. The number of nitrogens with zero attached hydrogens (tertiary/aromatic N) is 1. The summed E-state index contributed by atoms with van der Waals surface area (Å²) in [7, 11) is 2.21. The van der Waals surface area contributed by atoms with E-state index >= 15 is 0 Å². The van der Waals surface area contributed by atoms with Crippen molar-refractivity contribution in [3.05, 3.63) is 0 Å². The van der Waals surface area contributed by atoms with Crippen molar-refractivity contribution in [1.29, 1.82) is 0 Å². The summed E-state index contributed by atoms with van der Waals surface area (Å²) in [6.07, 6.45) is 0. The first-order valence-electron chi connectivity index (χ1n) is 5.13. The molecule has 0 aromatic heterocycles. The maximum Gasteiger partial charge on any atom is 0.0241 e. The Balaban J connectivity index is 0.000000561. The SMILES string of the molecule is CC.CC(C)C1CNCCN1C. The Labute approximate surface area is 77.3 Å². The van der Waals surface area contributed by atoms with Crippen LogP contribution in [0.3, 0.4) is 0 Å². The third kappa shape index (κ3) is 3.55. The molecule has 1 heterocycles. The van der Waals surface area contributed by atoms with Gasteiger partial charge in [0.15, 0.2) is 0 Å². The fraction of sp³-hybridized carbons (Fsp3) is 1.00. The van der Waals surface area contributed by atoms with E-state index in [1.807, 2.05) is 13.8 Å². The Morgan fingerprint density at radius 2 is 1.92 bits per heavy atom. The number of hydrogen-bond acceptors (Lipinski definition) is 2. The molecule has 0 radical (unpaired) electrons. The zero-order chi connectivity index (χ0) is 9.56. The van der Waals surface area contributed by atoms with Crippen LogP contribution in [-0.2, 0) is 0 Å². The quantitative estimate of drug-likeness (QED) is 0.646. The lowest BCUT2D eigenvalue weighted by atomic mass is 10.0. The van der Waals surface area contributed by atoms with Gasteiger partial charge >= 0.3 is 0 Å². The maximum atomic E-state index is 3.40. The van der Waals surface area contributed by atoms with Gasteiger partial charge in [0.2, 0.25) is 0 Å². The van der Waals surface area contributed by atoms with Gasteiger partial charge in [0.25, 0.3) is 0 Å². The highest BCUT2D eigenvalue weighted by molar-refractivity contribution is 4.79. The van der Waals surface area contributed by atoms with Crippen LogP contribution in [0, 0.1) is 5.92 Å². The molecule has 1 atom stereocenters. The van der Waals surface area contributed by atoms with Crippen molar-refractivity contribution in [2.24, 2.45) is 5.92 Å². The first kappa shape index (κ1) is 11.9. The van der Waals surface area contributed by atoms with Crippen LogP contribution in [0.4, 0.5) is 0 Å².